The molecular weight excluding hydrogens is 378 g/mol. The normalized spacial score (nSPS) is 11.4. The van der Waals surface area contributed by atoms with Gasteiger partial charge in [0, 0.05) is 7.11 Å². The van der Waals surface area contributed by atoms with E-state index in [9.17, 15) is 18.7 Å². The average Bonchev–Trinajstić information content (AvgIpc) is 3.05. The van der Waals surface area contributed by atoms with E-state index in [1.54, 1.807) is 31.2 Å². The number of aromatic nitrogens is 2. The smallest absolute Gasteiger partial charge is 0.276 e. The number of fused-ring (bicyclic) bond motifs is 1. The predicted molar refractivity (Wildman–Crippen MR) is 99.1 cm³/mol. The van der Waals surface area contributed by atoms with E-state index in [4.69, 9.17) is 9.47 Å². The average molecular weight is 396 g/mol. The molecule has 1 N–H and O–H groups in total. The van der Waals surface area contributed by atoms with Gasteiger partial charge in [0.1, 0.15) is 17.1 Å². The topological polar surface area (TPSA) is 73.6 Å². The Labute approximate surface area is 157 Å². The first-order valence-electron chi connectivity index (χ1n) is 8.16. The number of halogens is 2. The van der Waals surface area contributed by atoms with Gasteiger partial charge in [0.2, 0.25) is 0 Å². The Kier molecular flexibility index (Phi) is 5.71. The predicted octanol–water partition coefficient (Wildman–Crippen LogP) is 3.43. The molecule has 0 bridgehead atoms. The quantitative estimate of drug-likeness (QED) is 0.620. The van der Waals surface area contributed by atoms with Crippen molar-refractivity contribution >= 4 is 21.7 Å². The standard InChI is InChI=1S/C18H18F2N2O4S/c1-10-5-3-4-6-11(10)13-14(23)15-16(22(17(13)24)9-12(19)20)21-18(27-15)26-8-7-25-2/h3-6,12,23H,7-9H2,1-2H3. The van der Waals surface area contributed by atoms with E-state index in [0.29, 0.717) is 12.2 Å². The number of hydrogen-bond donors (Lipinski definition) is 1. The Morgan fingerprint density at radius 1 is 1.30 bits per heavy atom. The highest BCUT2D eigenvalue weighted by molar-refractivity contribution is 7.20. The van der Waals surface area contributed by atoms with Gasteiger partial charge in [-0.05, 0) is 18.1 Å². The molecule has 0 saturated heterocycles. The van der Waals surface area contributed by atoms with Crippen molar-refractivity contribution in [2.75, 3.05) is 20.3 Å². The van der Waals surface area contributed by atoms with Gasteiger partial charge in [0.15, 0.2) is 5.65 Å². The second-order valence-electron chi connectivity index (χ2n) is 5.82. The third-order valence-corrected chi connectivity index (χ3v) is 4.97. The van der Waals surface area contributed by atoms with E-state index in [2.05, 4.69) is 4.98 Å². The van der Waals surface area contributed by atoms with E-state index < -0.39 is 18.5 Å². The molecule has 0 spiro atoms. The lowest BCUT2D eigenvalue weighted by Crippen LogP contribution is -2.25. The lowest BCUT2D eigenvalue weighted by Gasteiger charge is -2.12. The molecule has 9 heteroatoms. The highest BCUT2D eigenvalue weighted by Crippen LogP contribution is 2.39. The fourth-order valence-electron chi connectivity index (χ4n) is 2.75. The molecule has 0 radical (unpaired) electrons. The van der Waals surface area contributed by atoms with Gasteiger partial charge in [-0.25, -0.2) is 8.78 Å². The molecular formula is C18H18F2N2O4S. The van der Waals surface area contributed by atoms with E-state index in [1.807, 2.05) is 0 Å². The van der Waals surface area contributed by atoms with Crippen LogP contribution in [0.5, 0.6) is 10.9 Å². The van der Waals surface area contributed by atoms with Crippen LogP contribution < -0.4 is 10.3 Å². The minimum Gasteiger partial charge on any atom is -0.505 e. The summed E-state index contributed by atoms with van der Waals surface area (Å²) in [4.78, 5) is 17.1. The number of pyridine rings is 1. The molecule has 3 aromatic rings. The number of nitrogens with zero attached hydrogens (tertiary/aromatic N) is 2. The minimum absolute atomic E-state index is 0.0201. The number of rotatable bonds is 7. The van der Waals surface area contributed by atoms with E-state index in [-0.39, 0.29) is 33.5 Å². The summed E-state index contributed by atoms with van der Waals surface area (Å²) < 4.78 is 37.6. The maximum absolute atomic E-state index is 13.1. The van der Waals surface area contributed by atoms with Crippen molar-refractivity contribution in [3.05, 3.63) is 40.2 Å². The van der Waals surface area contributed by atoms with Gasteiger partial charge in [-0.2, -0.15) is 4.98 Å². The van der Waals surface area contributed by atoms with Crippen molar-refractivity contribution in [2.45, 2.75) is 19.9 Å². The molecule has 0 saturated carbocycles. The molecule has 0 amide bonds. The van der Waals surface area contributed by atoms with Crippen LogP contribution in [0.15, 0.2) is 29.1 Å². The number of aromatic hydroxyl groups is 1. The summed E-state index contributed by atoms with van der Waals surface area (Å²) in [5.74, 6) is -0.283. The summed E-state index contributed by atoms with van der Waals surface area (Å²) in [5.41, 5.74) is 0.471. The zero-order valence-electron chi connectivity index (χ0n) is 14.7. The molecule has 2 aromatic heterocycles. The monoisotopic (exact) mass is 396 g/mol. The largest absolute Gasteiger partial charge is 0.505 e. The number of methoxy groups -OCH3 is 1. The molecule has 27 heavy (non-hydrogen) atoms. The summed E-state index contributed by atoms with van der Waals surface area (Å²) in [6.07, 6.45) is -2.75. The van der Waals surface area contributed by atoms with Crippen LogP contribution in [0.3, 0.4) is 0 Å². The lowest BCUT2D eigenvalue weighted by molar-refractivity contribution is 0.126. The van der Waals surface area contributed by atoms with Gasteiger partial charge in [0.05, 0.1) is 18.7 Å². The number of ether oxygens (including phenoxy) is 2. The molecule has 144 valence electrons. The van der Waals surface area contributed by atoms with E-state index in [0.717, 1.165) is 21.5 Å². The van der Waals surface area contributed by atoms with Crippen molar-refractivity contribution in [1.29, 1.82) is 0 Å². The number of hydrogen-bond acceptors (Lipinski definition) is 6. The molecule has 3 rings (SSSR count). The van der Waals surface area contributed by atoms with Crippen molar-refractivity contribution < 1.29 is 23.4 Å². The highest BCUT2D eigenvalue weighted by Gasteiger charge is 2.24. The van der Waals surface area contributed by atoms with Crippen LogP contribution in [0.4, 0.5) is 8.78 Å². The first-order chi connectivity index (χ1) is 12.9. The van der Waals surface area contributed by atoms with Crippen molar-refractivity contribution in [2.24, 2.45) is 0 Å². The Bertz CT molecular complexity index is 1020. The van der Waals surface area contributed by atoms with Crippen LogP contribution in [-0.2, 0) is 11.3 Å². The second-order valence-corrected chi connectivity index (χ2v) is 6.78. The molecule has 0 unspecified atom stereocenters. The Hall–Kier alpha value is -2.52. The second kappa shape index (κ2) is 8.01. The van der Waals surface area contributed by atoms with Crippen LogP contribution in [0.1, 0.15) is 5.56 Å². The van der Waals surface area contributed by atoms with Crippen LogP contribution in [0, 0.1) is 6.92 Å². The van der Waals surface area contributed by atoms with Gasteiger partial charge < -0.3 is 14.6 Å². The summed E-state index contributed by atoms with van der Waals surface area (Å²) in [5, 5.41) is 10.9. The Balaban J connectivity index is 2.24. The van der Waals surface area contributed by atoms with Gasteiger partial charge >= 0.3 is 0 Å². The Morgan fingerprint density at radius 2 is 2.04 bits per heavy atom. The maximum Gasteiger partial charge on any atom is 0.276 e. The summed E-state index contributed by atoms with van der Waals surface area (Å²) in [7, 11) is 1.52. The van der Waals surface area contributed by atoms with Crippen LogP contribution >= 0.6 is 11.3 Å². The van der Waals surface area contributed by atoms with Crippen LogP contribution in [0.2, 0.25) is 0 Å². The minimum atomic E-state index is -2.75. The van der Waals surface area contributed by atoms with Crippen molar-refractivity contribution in [3.8, 4) is 22.1 Å². The summed E-state index contributed by atoms with van der Waals surface area (Å²) >= 11 is 0.995. The first kappa shape index (κ1) is 19.2. The van der Waals surface area contributed by atoms with E-state index >= 15 is 0 Å². The number of thiazole rings is 1. The molecule has 0 aliphatic rings. The first-order valence-corrected chi connectivity index (χ1v) is 8.97. The highest BCUT2D eigenvalue weighted by atomic mass is 32.1. The SMILES string of the molecule is COCCOc1nc2c(s1)c(O)c(-c1ccccc1C)c(=O)n2CC(F)F. The molecule has 0 atom stereocenters. The molecule has 1 aromatic carbocycles. The van der Waals surface area contributed by atoms with Crippen LogP contribution in [0.25, 0.3) is 21.5 Å². The zero-order valence-corrected chi connectivity index (χ0v) is 15.6. The fourth-order valence-corrected chi connectivity index (χ4v) is 3.65. The lowest BCUT2D eigenvalue weighted by atomic mass is 10.0. The van der Waals surface area contributed by atoms with Gasteiger partial charge in [-0.15, -0.1) is 0 Å². The molecule has 0 aliphatic heterocycles. The number of alkyl halides is 2. The molecule has 0 fully saturated rings. The van der Waals surface area contributed by atoms with Gasteiger partial charge in [-0.3, -0.25) is 9.36 Å². The van der Waals surface area contributed by atoms with Gasteiger partial charge in [0.25, 0.3) is 17.2 Å². The zero-order chi connectivity index (χ0) is 19.6. The van der Waals surface area contributed by atoms with Crippen molar-refractivity contribution in [1.82, 2.24) is 9.55 Å². The maximum atomic E-state index is 13.1. The third kappa shape index (κ3) is 3.79. The van der Waals surface area contributed by atoms with Gasteiger partial charge in [-0.1, -0.05) is 35.6 Å². The number of aryl methyl sites for hydroxylation is 1. The van der Waals surface area contributed by atoms with Crippen molar-refractivity contribution in [3.63, 3.8) is 0 Å². The summed E-state index contributed by atoms with van der Waals surface area (Å²) in [6.45, 7) is 1.48. The molecule has 2 heterocycles. The van der Waals surface area contributed by atoms with E-state index in [1.165, 1.54) is 7.11 Å². The molecule has 0 aliphatic carbocycles. The fraction of sp³-hybridized carbons (Fsp3) is 0.333. The summed E-state index contributed by atoms with van der Waals surface area (Å²) in [6, 6.07) is 6.96. The van der Waals surface area contributed by atoms with Crippen LogP contribution in [-0.4, -0.2) is 41.4 Å². The Morgan fingerprint density at radius 3 is 2.70 bits per heavy atom. The third-order valence-electron chi connectivity index (χ3n) is 4.00. The number of benzene rings is 1. The molecule has 6 nitrogen and oxygen atoms in total.